The molecule has 72 valence electrons. The SMILES string of the molecule is CCc1ccc(Cc2cc[nH]c2)cc1. The molecule has 0 fully saturated rings. The highest BCUT2D eigenvalue weighted by molar-refractivity contribution is 5.27. The highest BCUT2D eigenvalue weighted by atomic mass is 14.6. The minimum absolute atomic E-state index is 1.02. The zero-order chi connectivity index (χ0) is 9.80. The number of aromatic amines is 1. The van der Waals surface area contributed by atoms with Gasteiger partial charge in [-0.15, -0.1) is 0 Å². The van der Waals surface area contributed by atoms with Crippen molar-refractivity contribution in [3.05, 3.63) is 59.4 Å². The zero-order valence-corrected chi connectivity index (χ0v) is 8.46. The molecule has 0 spiro atoms. The average molecular weight is 185 g/mol. The molecule has 0 radical (unpaired) electrons. The molecule has 0 amide bonds. The lowest BCUT2D eigenvalue weighted by Crippen LogP contribution is -1.86. The van der Waals surface area contributed by atoms with Crippen LogP contribution in [0.3, 0.4) is 0 Å². The van der Waals surface area contributed by atoms with Gasteiger partial charge in [-0.1, -0.05) is 31.2 Å². The predicted molar refractivity (Wildman–Crippen MR) is 59.4 cm³/mol. The first kappa shape index (κ1) is 9.07. The number of nitrogens with one attached hydrogen (secondary N) is 1. The van der Waals surface area contributed by atoms with Gasteiger partial charge < -0.3 is 4.98 Å². The molecule has 0 unspecified atom stereocenters. The highest BCUT2D eigenvalue weighted by Crippen LogP contribution is 2.10. The summed E-state index contributed by atoms with van der Waals surface area (Å²) in [5.74, 6) is 0. The lowest BCUT2D eigenvalue weighted by molar-refractivity contribution is 1.12. The van der Waals surface area contributed by atoms with E-state index in [1.54, 1.807) is 0 Å². The van der Waals surface area contributed by atoms with E-state index in [-0.39, 0.29) is 0 Å². The number of hydrogen-bond acceptors (Lipinski definition) is 0. The minimum atomic E-state index is 1.02. The maximum atomic E-state index is 3.07. The second-order valence-corrected chi connectivity index (χ2v) is 3.57. The molecule has 14 heavy (non-hydrogen) atoms. The first-order valence-corrected chi connectivity index (χ1v) is 5.08. The van der Waals surface area contributed by atoms with Crippen molar-refractivity contribution in [1.82, 2.24) is 4.98 Å². The molecule has 0 saturated carbocycles. The van der Waals surface area contributed by atoms with Gasteiger partial charge in [0.25, 0.3) is 0 Å². The molecular formula is C13H15N. The van der Waals surface area contributed by atoms with Crippen LogP contribution in [-0.4, -0.2) is 4.98 Å². The van der Waals surface area contributed by atoms with E-state index in [4.69, 9.17) is 0 Å². The molecule has 2 rings (SSSR count). The summed E-state index contributed by atoms with van der Waals surface area (Å²) in [6.45, 7) is 2.18. The van der Waals surface area contributed by atoms with Crippen LogP contribution in [0, 0.1) is 0 Å². The summed E-state index contributed by atoms with van der Waals surface area (Å²) in [4.78, 5) is 3.07. The summed E-state index contributed by atoms with van der Waals surface area (Å²) in [6, 6.07) is 11.0. The number of aryl methyl sites for hydroxylation is 1. The first-order chi connectivity index (χ1) is 6.88. The Bertz CT molecular complexity index is 370. The third kappa shape index (κ3) is 2.05. The first-order valence-electron chi connectivity index (χ1n) is 5.08. The molecular weight excluding hydrogens is 170 g/mol. The van der Waals surface area contributed by atoms with Crippen molar-refractivity contribution in [2.75, 3.05) is 0 Å². The van der Waals surface area contributed by atoms with Crippen molar-refractivity contribution >= 4 is 0 Å². The quantitative estimate of drug-likeness (QED) is 0.756. The van der Waals surface area contributed by atoms with Gasteiger partial charge in [-0.25, -0.2) is 0 Å². The van der Waals surface area contributed by atoms with Gasteiger partial charge in [0.05, 0.1) is 0 Å². The van der Waals surface area contributed by atoms with E-state index >= 15 is 0 Å². The minimum Gasteiger partial charge on any atom is -0.367 e. The largest absolute Gasteiger partial charge is 0.367 e. The summed E-state index contributed by atoms with van der Waals surface area (Å²) in [5.41, 5.74) is 4.12. The second-order valence-electron chi connectivity index (χ2n) is 3.57. The van der Waals surface area contributed by atoms with E-state index in [9.17, 15) is 0 Å². The van der Waals surface area contributed by atoms with Crippen LogP contribution in [0.1, 0.15) is 23.6 Å². The topological polar surface area (TPSA) is 15.8 Å². The van der Waals surface area contributed by atoms with Crippen LogP contribution in [0.25, 0.3) is 0 Å². The van der Waals surface area contributed by atoms with Crippen molar-refractivity contribution < 1.29 is 0 Å². The maximum absolute atomic E-state index is 3.07. The van der Waals surface area contributed by atoms with Crippen LogP contribution >= 0.6 is 0 Å². The van der Waals surface area contributed by atoms with Crippen molar-refractivity contribution in [2.45, 2.75) is 19.8 Å². The average Bonchev–Trinajstić information content (AvgIpc) is 2.72. The molecule has 1 aromatic heterocycles. The van der Waals surface area contributed by atoms with Crippen molar-refractivity contribution in [2.24, 2.45) is 0 Å². The fourth-order valence-corrected chi connectivity index (χ4v) is 1.60. The van der Waals surface area contributed by atoms with E-state index in [2.05, 4.69) is 42.2 Å². The van der Waals surface area contributed by atoms with Crippen molar-refractivity contribution in [3.8, 4) is 0 Å². The van der Waals surface area contributed by atoms with Gasteiger partial charge in [0.15, 0.2) is 0 Å². The lowest BCUT2D eigenvalue weighted by atomic mass is 10.0. The Morgan fingerprint density at radius 1 is 0.929 bits per heavy atom. The van der Waals surface area contributed by atoms with Crippen LogP contribution in [0.5, 0.6) is 0 Å². The Hall–Kier alpha value is -1.50. The normalized spacial score (nSPS) is 10.4. The molecule has 2 aromatic rings. The van der Waals surface area contributed by atoms with E-state index in [1.165, 1.54) is 16.7 Å². The molecule has 0 aliphatic rings. The summed E-state index contributed by atoms with van der Waals surface area (Å²) < 4.78 is 0. The number of H-pyrrole nitrogens is 1. The molecule has 1 nitrogen and oxygen atoms in total. The Labute approximate surface area is 84.8 Å². The van der Waals surface area contributed by atoms with Crippen molar-refractivity contribution in [1.29, 1.82) is 0 Å². The van der Waals surface area contributed by atoms with Gasteiger partial charge in [-0.3, -0.25) is 0 Å². The highest BCUT2D eigenvalue weighted by Gasteiger charge is 1.96. The Balaban J connectivity index is 2.10. The fraction of sp³-hybridized carbons (Fsp3) is 0.231. The molecule has 0 atom stereocenters. The van der Waals surface area contributed by atoms with Crippen LogP contribution in [0.15, 0.2) is 42.7 Å². The maximum Gasteiger partial charge on any atom is 0.00407 e. The van der Waals surface area contributed by atoms with Crippen LogP contribution in [0.2, 0.25) is 0 Å². The molecule has 0 saturated heterocycles. The van der Waals surface area contributed by atoms with Crippen molar-refractivity contribution in [3.63, 3.8) is 0 Å². The number of aromatic nitrogens is 1. The summed E-state index contributed by atoms with van der Waals surface area (Å²) in [5, 5.41) is 0. The van der Waals surface area contributed by atoms with Gasteiger partial charge in [0.2, 0.25) is 0 Å². The fourth-order valence-electron chi connectivity index (χ4n) is 1.60. The van der Waals surface area contributed by atoms with Gasteiger partial charge in [-0.2, -0.15) is 0 Å². The Kier molecular flexibility index (Phi) is 2.68. The van der Waals surface area contributed by atoms with E-state index in [0.717, 1.165) is 12.8 Å². The van der Waals surface area contributed by atoms with E-state index in [0.29, 0.717) is 0 Å². The summed E-state index contributed by atoms with van der Waals surface area (Å²) in [6.07, 6.45) is 6.15. The molecule has 1 heteroatoms. The van der Waals surface area contributed by atoms with E-state index in [1.807, 2.05) is 12.4 Å². The summed E-state index contributed by atoms with van der Waals surface area (Å²) in [7, 11) is 0. The number of benzene rings is 1. The Morgan fingerprint density at radius 3 is 2.21 bits per heavy atom. The van der Waals surface area contributed by atoms with Gasteiger partial charge >= 0.3 is 0 Å². The predicted octanol–water partition coefficient (Wildman–Crippen LogP) is 3.17. The standard InChI is InChI=1S/C13H15N/c1-2-11-3-5-12(6-4-11)9-13-7-8-14-10-13/h3-8,10,14H,2,9H2,1H3. The third-order valence-corrected chi connectivity index (χ3v) is 2.50. The van der Waals surface area contributed by atoms with Gasteiger partial charge in [-0.05, 0) is 35.6 Å². The molecule has 0 bridgehead atoms. The lowest BCUT2D eigenvalue weighted by Gasteiger charge is -2.00. The number of hydrogen-bond donors (Lipinski definition) is 1. The van der Waals surface area contributed by atoms with Crippen LogP contribution < -0.4 is 0 Å². The zero-order valence-electron chi connectivity index (χ0n) is 8.46. The van der Waals surface area contributed by atoms with Crippen LogP contribution in [-0.2, 0) is 12.8 Å². The molecule has 1 heterocycles. The monoisotopic (exact) mass is 185 g/mol. The Morgan fingerprint density at radius 2 is 1.64 bits per heavy atom. The summed E-state index contributed by atoms with van der Waals surface area (Å²) >= 11 is 0. The molecule has 0 aliphatic carbocycles. The second kappa shape index (κ2) is 4.14. The smallest absolute Gasteiger partial charge is 0.00407 e. The van der Waals surface area contributed by atoms with Gasteiger partial charge in [0, 0.05) is 12.4 Å². The number of rotatable bonds is 3. The van der Waals surface area contributed by atoms with Crippen LogP contribution in [0.4, 0.5) is 0 Å². The third-order valence-electron chi connectivity index (χ3n) is 2.50. The van der Waals surface area contributed by atoms with Gasteiger partial charge in [0.1, 0.15) is 0 Å². The molecule has 0 aliphatic heterocycles. The van der Waals surface area contributed by atoms with E-state index < -0.39 is 0 Å². The molecule has 1 aromatic carbocycles. The molecule has 1 N–H and O–H groups in total.